The number of aryl methyl sites for hydroxylation is 1. The van der Waals surface area contributed by atoms with E-state index >= 15 is 0 Å². The fraction of sp³-hybridized carbons (Fsp3) is 0.812. The lowest BCUT2D eigenvalue weighted by Gasteiger charge is -2.40. The third-order valence-corrected chi connectivity index (χ3v) is 4.10. The Balaban J connectivity index is 3.15. The minimum absolute atomic E-state index is 0.156. The third-order valence-electron chi connectivity index (χ3n) is 4.10. The first kappa shape index (κ1) is 17.2. The summed E-state index contributed by atoms with van der Waals surface area (Å²) >= 11 is 0. The molecule has 0 aliphatic rings. The van der Waals surface area contributed by atoms with E-state index in [2.05, 4.69) is 55.8 Å². The highest BCUT2D eigenvalue weighted by molar-refractivity contribution is 5.13. The lowest BCUT2D eigenvalue weighted by Crippen LogP contribution is -2.46. The molecule has 0 saturated carbocycles. The summed E-state index contributed by atoms with van der Waals surface area (Å²) in [4.78, 5) is 0. The Kier molecular flexibility index (Phi) is 7.24. The molecule has 116 valence electrons. The van der Waals surface area contributed by atoms with Crippen LogP contribution >= 0.6 is 0 Å². The van der Waals surface area contributed by atoms with Crippen molar-refractivity contribution in [3.05, 3.63) is 18.0 Å². The SMILES string of the molecule is CCCNC(c1ccnn1CC)C(CC)(CC)OCC. The van der Waals surface area contributed by atoms with Crippen molar-refractivity contribution in [1.82, 2.24) is 15.1 Å². The molecule has 1 atom stereocenters. The van der Waals surface area contributed by atoms with Gasteiger partial charge in [0.15, 0.2) is 0 Å². The van der Waals surface area contributed by atoms with Crippen LogP contribution in [0.5, 0.6) is 0 Å². The molecule has 1 rings (SSSR count). The van der Waals surface area contributed by atoms with E-state index in [0.717, 1.165) is 39.0 Å². The maximum absolute atomic E-state index is 6.21. The Labute approximate surface area is 123 Å². The Morgan fingerprint density at radius 2 is 1.95 bits per heavy atom. The summed E-state index contributed by atoms with van der Waals surface area (Å²) in [6.07, 6.45) is 5.00. The highest BCUT2D eigenvalue weighted by atomic mass is 16.5. The Bertz CT molecular complexity index is 372. The maximum Gasteiger partial charge on any atom is 0.0886 e. The van der Waals surface area contributed by atoms with Crippen LogP contribution in [-0.2, 0) is 11.3 Å². The summed E-state index contributed by atoms with van der Waals surface area (Å²) in [6.45, 7) is 13.5. The molecule has 1 aromatic heterocycles. The minimum atomic E-state index is -0.156. The molecule has 0 aliphatic carbocycles. The van der Waals surface area contributed by atoms with Gasteiger partial charge < -0.3 is 10.1 Å². The lowest BCUT2D eigenvalue weighted by atomic mass is 9.85. The van der Waals surface area contributed by atoms with Gasteiger partial charge in [0.25, 0.3) is 0 Å². The fourth-order valence-corrected chi connectivity index (χ4v) is 2.93. The summed E-state index contributed by atoms with van der Waals surface area (Å²) in [6, 6.07) is 2.32. The van der Waals surface area contributed by atoms with Crippen LogP contribution in [0.15, 0.2) is 12.3 Å². The topological polar surface area (TPSA) is 39.1 Å². The first-order valence-corrected chi connectivity index (χ1v) is 8.08. The standard InChI is InChI=1S/C16H31N3O/c1-6-12-17-15(14-11-13-18-19(14)9-4)16(7-2,8-3)20-10-5/h11,13,15,17H,6-10,12H2,1-5H3. The second-order valence-electron chi connectivity index (χ2n) is 5.16. The zero-order valence-corrected chi connectivity index (χ0v) is 13.8. The van der Waals surface area contributed by atoms with Crippen molar-refractivity contribution in [1.29, 1.82) is 0 Å². The second kappa shape index (κ2) is 8.42. The average molecular weight is 281 g/mol. The lowest BCUT2D eigenvalue weighted by molar-refractivity contribution is -0.0750. The van der Waals surface area contributed by atoms with Crippen LogP contribution in [0.3, 0.4) is 0 Å². The van der Waals surface area contributed by atoms with E-state index in [0.29, 0.717) is 0 Å². The average Bonchev–Trinajstić information content (AvgIpc) is 2.94. The predicted octanol–water partition coefficient (Wildman–Crippen LogP) is 3.54. The highest BCUT2D eigenvalue weighted by Crippen LogP contribution is 2.35. The number of aromatic nitrogens is 2. The number of hydrogen-bond acceptors (Lipinski definition) is 3. The van der Waals surface area contributed by atoms with Crippen LogP contribution < -0.4 is 5.32 Å². The van der Waals surface area contributed by atoms with Crippen molar-refractivity contribution in [3.8, 4) is 0 Å². The van der Waals surface area contributed by atoms with Crippen molar-refractivity contribution >= 4 is 0 Å². The zero-order chi connectivity index (χ0) is 15.0. The van der Waals surface area contributed by atoms with Crippen LogP contribution in [-0.4, -0.2) is 28.5 Å². The van der Waals surface area contributed by atoms with Crippen molar-refractivity contribution < 1.29 is 4.74 Å². The number of hydrogen-bond donors (Lipinski definition) is 1. The molecule has 1 heterocycles. The maximum atomic E-state index is 6.21. The molecule has 0 fully saturated rings. The van der Waals surface area contributed by atoms with Gasteiger partial charge in [0, 0.05) is 19.3 Å². The first-order chi connectivity index (χ1) is 9.68. The molecule has 0 saturated heterocycles. The van der Waals surface area contributed by atoms with Crippen molar-refractivity contribution in [2.45, 2.75) is 72.1 Å². The molecule has 1 unspecified atom stereocenters. The van der Waals surface area contributed by atoms with E-state index in [-0.39, 0.29) is 11.6 Å². The van der Waals surface area contributed by atoms with E-state index in [1.54, 1.807) is 0 Å². The summed E-state index contributed by atoms with van der Waals surface area (Å²) in [5.74, 6) is 0. The van der Waals surface area contributed by atoms with Crippen LogP contribution in [0.4, 0.5) is 0 Å². The van der Waals surface area contributed by atoms with Crippen molar-refractivity contribution in [2.24, 2.45) is 0 Å². The third kappa shape index (κ3) is 3.61. The molecule has 4 heteroatoms. The first-order valence-electron chi connectivity index (χ1n) is 8.08. The number of rotatable bonds is 10. The molecule has 0 radical (unpaired) electrons. The Morgan fingerprint density at radius 3 is 2.45 bits per heavy atom. The van der Waals surface area contributed by atoms with Crippen LogP contribution in [0.25, 0.3) is 0 Å². The molecular weight excluding hydrogens is 250 g/mol. The van der Waals surface area contributed by atoms with Gasteiger partial charge in [0.1, 0.15) is 0 Å². The van der Waals surface area contributed by atoms with Crippen molar-refractivity contribution in [3.63, 3.8) is 0 Å². The van der Waals surface area contributed by atoms with Gasteiger partial charge in [-0.15, -0.1) is 0 Å². The summed E-state index contributed by atoms with van der Waals surface area (Å²) < 4.78 is 8.28. The van der Waals surface area contributed by atoms with Gasteiger partial charge >= 0.3 is 0 Å². The summed E-state index contributed by atoms with van der Waals surface area (Å²) in [7, 11) is 0. The molecular formula is C16H31N3O. The molecule has 0 aliphatic heterocycles. The Morgan fingerprint density at radius 1 is 1.25 bits per heavy atom. The molecule has 0 aromatic carbocycles. The molecule has 0 spiro atoms. The predicted molar refractivity (Wildman–Crippen MR) is 83.9 cm³/mol. The molecule has 4 nitrogen and oxygen atoms in total. The van der Waals surface area contributed by atoms with E-state index < -0.39 is 0 Å². The molecule has 1 aromatic rings. The van der Waals surface area contributed by atoms with Gasteiger partial charge in [-0.3, -0.25) is 4.68 Å². The van der Waals surface area contributed by atoms with Gasteiger partial charge in [-0.1, -0.05) is 20.8 Å². The van der Waals surface area contributed by atoms with Gasteiger partial charge in [-0.05, 0) is 45.7 Å². The zero-order valence-electron chi connectivity index (χ0n) is 13.8. The number of nitrogens with zero attached hydrogens (tertiary/aromatic N) is 2. The molecule has 1 N–H and O–H groups in total. The molecule has 0 amide bonds. The second-order valence-corrected chi connectivity index (χ2v) is 5.16. The molecule has 20 heavy (non-hydrogen) atoms. The minimum Gasteiger partial charge on any atom is -0.373 e. The fourth-order valence-electron chi connectivity index (χ4n) is 2.93. The number of ether oxygens (including phenoxy) is 1. The quantitative estimate of drug-likeness (QED) is 0.713. The highest BCUT2D eigenvalue weighted by Gasteiger charge is 2.38. The monoisotopic (exact) mass is 281 g/mol. The van der Waals surface area contributed by atoms with E-state index in [1.807, 2.05) is 6.20 Å². The van der Waals surface area contributed by atoms with Gasteiger partial charge in [-0.2, -0.15) is 5.10 Å². The van der Waals surface area contributed by atoms with E-state index in [4.69, 9.17) is 4.74 Å². The normalized spacial score (nSPS) is 13.7. The van der Waals surface area contributed by atoms with Crippen LogP contribution in [0, 0.1) is 0 Å². The summed E-state index contributed by atoms with van der Waals surface area (Å²) in [5.41, 5.74) is 1.08. The molecule has 0 bridgehead atoms. The van der Waals surface area contributed by atoms with Crippen LogP contribution in [0.1, 0.15) is 65.6 Å². The van der Waals surface area contributed by atoms with Gasteiger partial charge in [0.05, 0.1) is 17.3 Å². The Hall–Kier alpha value is -0.870. The summed E-state index contributed by atoms with van der Waals surface area (Å²) in [5, 5.41) is 8.12. The van der Waals surface area contributed by atoms with Gasteiger partial charge in [-0.25, -0.2) is 0 Å². The largest absolute Gasteiger partial charge is 0.373 e. The van der Waals surface area contributed by atoms with E-state index in [1.165, 1.54) is 5.69 Å². The van der Waals surface area contributed by atoms with Gasteiger partial charge in [0.2, 0.25) is 0 Å². The van der Waals surface area contributed by atoms with Crippen LogP contribution in [0.2, 0.25) is 0 Å². The smallest absolute Gasteiger partial charge is 0.0886 e. The van der Waals surface area contributed by atoms with Crippen molar-refractivity contribution in [2.75, 3.05) is 13.2 Å². The number of nitrogens with one attached hydrogen (secondary N) is 1. The van der Waals surface area contributed by atoms with E-state index in [9.17, 15) is 0 Å².